The van der Waals surface area contributed by atoms with E-state index in [1.54, 1.807) is 23.0 Å². The number of ether oxygens (including phenoxy) is 1. The molecule has 0 saturated carbocycles. The zero-order chi connectivity index (χ0) is 19.3. The van der Waals surface area contributed by atoms with Gasteiger partial charge in [0, 0.05) is 16.8 Å². The molecule has 1 amide bonds. The van der Waals surface area contributed by atoms with Crippen molar-refractivity contribution >= 4 is 27.9 Å². The van der Waals surface area contributed by atoms with E-state index in [1.165, 1.54) is 11.3 Å². The van der Waals surface area contributed by atoms with E-state index in [-0.39, 0.29) is 5.91 Å². The Morgan fingerprint density at radius 2 is 2.11 bits per heavy atom. The Morgan fingerprint density at radius 3 is 2.96 bits per heavy atom. The van der Waals surface area contributed by atoms with Crippen molar-refractivity contribution in [2.45, 2.75) is 19.8 Å². The van der Waals surface area contributed by atoms with Gasteiger partial charge in [0.1, 0.15) is 17.1 Å². The number of aromatic nitrogens is 4. The predicted octanol–water partition coefficient (Wildman–Crippen LogP) is 4.28. The monoisotopic (exact) mass is 393 g/mol. The van der Waals surface area contributed by atoms with Crippen LogP contribution in [0.1, 0.15) is 30.1 Å². The van der Waals surface area contributed by atoms with Crippen molar-refractivity contribution in [1.29, 1.82) is 0 Å². The zero-order valence-corrected chi connectivity index (χ0v) is 16.1. The third-order valence-electron chi connectivity index (χ3n) is 4.12. The molecular weight excluding hydrogens is 374 g/mol. The first-order valence-electron chi connectivity index (χ1n) is 9.04. The number of carbonyl (C=O) groups excluding carboxylic acids is 1. The fourth-order valence-corrected chi connectivity index (χ4v) is 3.49. The van der Waals surface area contributed by atoms with Gasteiger partial charge in [-0.25, -0.2) is 0 Å². The Morgan fingerprint density at radius 1 is 1.21 bits per heavy atom. The van der Waals surface area contributed by atoms with E-state index in [0.717, 1.165) is 28.4 Å². The summed E-state index contributed by atoms with van der Waals surface area (Å²) in [5.41, 5.74) is 2.16. The number of amides is 1. The highest BCUT2D eigenvalue weighted by Gasteiger charge is 2.11. The number of nitrogens with one attached hydrogen (secondary N) is 1. The number of unbranched alkanes of at least 4 members (excludes halogenated alkanes) is 1. The second-order valence-corrected chi connectivity index (χ2v) is 7.19. The summed E-state index contributed by atoms with van der Waals surface area (Å²) in [6.07, 6.45) is 3.62. The third-order valence-corrected chi connectivity index (χ3v) is 5.08. The molecule has 0 atom stereocenters. The van der Waals surface area contributed by atoms with Crippen LogP contribution in [0.2, 0.25) is 0 Å². The van der Waals surface area contributed by atoms with Crippen molar-refractivity contribution in [3.63, 3.8) is 0 Å². The van der Waals surface area contributed by atoms with E-state index in [2.05, 4.69) is 27.5 Å². The number of benzene rings is 2. The van der Waals surface area contributed by atoms with Crippen LogP contribution in [0.15, 0.2) is 54.9 Å². The Kier molecular flexibility index (Phi) is 5.29. The van der Waals surface area contributed by atoms with Gasteiger partial charge in [-0.3, -0.25) is 4.79 Å². The van der Waals surface area contributed by atoms with Crippen molar-refractivity contribution in [3.8, 4) is 16.3 Å². The van der Waals surface area contributed by atoms with E-state index < -0.39 is 0 Å². The molecule has 4 aromatic rings. The van der Waals surface area contributed by atoms with Crippen molar-refractivity contribution in [3.05, 3.63) is 60.4 Å². The molecule has 0 fully saturated rings. The van der Waals surface area contributed by atoms with Crippen molar-refractivity contribution in [2.24, 2.45) is 0 Å². The van der Waals surface area contributed by atoms with Crippen molar-refractivity contribution in [2.75, 3.05) is 11.9 Å². The molecular formula is C20H19N5O2S. The highest BCUT2D eigenvalue weighted by Crippen LogP contribution is 2.27. The van der Waals surface area contributed by atoms with Crippen LogP contribution in [0.4, 0.5) is 5.69 Å². The van der Waals surface area contributed by atoms with Crippen LogP contribution in [-0.4, -0.2) is 32.3 Å². The number of rotatable bonds is 7. The first-order chi connectivity index (χ1) is 13.7. The maximum Gasteiger partial charge on any atom is 0.255 e. The molecule has 8 heteroatoms. The molecule has 1 N–H and O–H groups in total. The van der Waals surface area contributed by atoms with Crippen molar-refractivity contribution < 1.29 is 9.53 Å². The lowest BCUT2D eigenvalue weighted by Gasteiger charge is -2.09. The second kappa shape index (κ2) is 8.18. The average Bonchev–Trinajstić information content (AvgIpc) is 3.31. The van der Waals surface area contributed by atoms with Gasteiger partial charge in [-0.05, 0) is 36.8 Å². The van der Waals surface area contributed by atoms with E-state index in [9.17, 15) is 4.79 Å². The van der Waals surface area contributed by atoms with Gasteiger partial charge in [0.15, 0.2) is 0 Å². The predicted molar refractivity (Wildman–Crippen MR) is 109 cm³/mol. The number of fused-ring (bicyclic) bond motifs is 1. The minimum atomic E-state index is -0.184. The maximum absolute atomic E-state index is 12.6. The SMILES string of the molecule is CCCCOc1cccc(C(=O)Nc2cccc(-c3nn4cnnc4s3)c2)c1. The fourth-order valence-electron chi connectivity index (χ4n) is 2.67. The van der Waals surface area contributed by atoms with E-state index in [4.69, 9.17) is 4.74 Å². The summed E-state index contributed by atoms with van der Waals surface area (Å²) in [7, 11) is 0. The average molecular weight is 393 g/mol. The van der Waals surface area contributed by atoms with Gasteiger partial charge < -0.3 is 10.1 Å². The summed E-state index contributed by atoms with van der Waals surface area (Å²) >= 11 is 1.44. The summed E-state index contributed by atoms with van der Waals surface area (Å²) in [6, 6.07) is 14.8. The normalized spacial score (nSPS) is 10.9. The first-order valence-corrected chi connectivity index (χ1v) is 9.86. The summed E-state index contributed by atoms with van der Waals surface area (Å²) in [5.74, 6) is 0.519. The van der Waals surface area contributed by atoms with Crippen LogP contribution < -0.4 is 10.1 Å². The van der Waals surface area contributed by atoms with E-state index >= 15 is 0 Å². The molecule has 0 unspecified atom stereocenters. The van der Waals surface area contributed by atoms with Crippen LogP contribution in [0, 0.1) is 0 Å². The topological polar surface area (TPSA) is 81.4 Å². The molecule has 2 aromatic carbocycles. The Hall–Kier alpha value is -3.26. The number of anilines is 1. The van der Waals surface area contributed by atoms with Gasteiger partial charge in [-0.1, -0.05) is 42.9 Å². The molecule has 0 radical (unpaired) electrons. The molecule has 142 valence electrons. The number of nitrogens with zero attached hydrogens (tertiary/aromatic N) is 4. The molecule has 0 aliphatic rings. The van der Waals surface area contributed by atoms with E-state index in [1.807, 2.05) is 36.4 Å². The summed E-state index contributed by atoms with van der Waals surface area (Å²) in [4.78, 5) is 13.4. The van der Waals surface area contributed by atoms with E-state index in [0.29, 0.717) is 23.6 Å². The van der Waals surface area contributed by atoms with Crippen LogP contribution in [0.5, 0.6) is 5.75 Å². The summed E-state index contributed by atoms with van der Waals surface area (Å²) in [5, 5.41) is 16.0. The largest absolute Gasteiger partial charge is 0.494 e. The molecule has 4 rings (SSSR count). The number of carbonyl (C=O) groups is 1. The summed E-state index contributed by atoms with van der Waals surface area (Å²) in [6.45, 7) is 2.76. The Labute approximate surface area is 166 Å². The number of hydrogen-bond donors (Lipinski definition) is 1. The standard InChI is InChI=1S/C20H19N5O2S/c1-2-3-10-27-17-9-5-6-14(12-17)18(26)22-16-8-4-7-15(11-16)19-24-25-13-21-23-20(25)28-19/h4-9,11-13H,2-3,10H2,1H3,(H,22,26). The molecule has 2 aromatic heterocycles. The fraction of sp³-hybridized carbons (Fsp3) is 0.200. The Bertz CT molecular complexity index is 1080. The van der Waals surface area contributed by atoms with Gasteiger partial charge >= 0.3 is 0 Å². The molecule has 2 heterocycles. The first kappa shape index (κ1) is 18.1. The summed E-state index contributed by atoms with van der Waals surface area (Å²) < 4.78 is 7.32. The molecule has 0 saturated heterocycles. The van der Waals surface area contributed by atoms with Crippen LogP contribution >= 0.6 is 11.3 Å². The molecule has 0 spiro atoms. The van der Waals surface area contributed by atoms with Crippen LogP contribution in [0.3, 0.4) is 0 Å². The van der Waals surface area contributed by atoms with Crippen LogP contribution in [-0.2, 0) is 0 Å². The lowest BCUT2D eigenvalue weighted by Crippen LogP contribution is -2.12. The molecule has 0 bridgehead atoms. The maximum atomic E-state index is 12.6. The minimum absolute atomic E-state index is 0.184. The van der Waals surface area contributed by atoms with Gasteiger partial charge in [-0.15, -0.1) is 10.2 Å². The molecule has 0 aliphatic carbocycles. The van der Waals surface area contributed by atoms with Gasteiger partial charge in [0.05, 0.1) is 6.61 Å². The van der Waals surface area contributed by atoms with Crippen molar-refractivity contribution in [1.82, 2.24) is 19.8 Å². The third kappa shape index (κ3) is 4.01. The Balaban J connectivity index is 1.49. The van der Waals surface area contributed by atoms with Gasteiger partial charge in [0.25, 0.3) is 5.91 Å². The lowest BCUT2D eigenvalue weighted by molar-refractivity contribution is 0.102. The zero-order valence-electron chi connectivity index (χ0n) is 15.3. The van der Waals surface area contributed by atoms with Gasteiger partial charge in [0.2, 0.25) is 4.96 Å². The molecule has 7 nitrogen and oxygen atoms in total. The minimum Gasteiger partial charge on any atom is -0.494 e. The molecule has 0 aliphatic heterocycles. The highest BCUT2D eigenvalue weighted by atomic mass is 32.1. The quantitative estimate of drug-likeness (QED) is 0.474. The molecule has 28 heavy (non-hydrogen) atoms. The lowest BCUT2D eigenvalue weighted by atomic mass is 10.1. The smallest absolute Gasteiger partial charge is 0.255 e. The second-order valence-electron chi connectivity index (χ2n) is 6.23. The highest BCUT2D eigenvalue weighted by molar-refractivity contribution is 7.19. The van der Waals surface area contributed by atoms with Gasteiger partial charge in [-0.2, -0.15) is 9.61 Å². The van der Waals surface area contributed by atoms with Crippen LogP contribution in [0.25, 0.3) is 15.5 Å². The number of hydrogen-bond acceptors (Lipinski definition) is 6.